The first kappa shape index (κ1) is 12.7. The average Bonchev–Trinajstić information content (AvgIpc) is 2.34. The van der Waals surface area contributed by atoms with Gasteiger partial charge in [-0.15, -0.1) is 0 Å². The predicted molar refractivity (Wildman–Crippen MR) is 67.9 cm³/mol. The van der Waals surface area contributed by atoms with Crippen LogP contribution in [0.25, 0.3) is 10.8 Å². The number of alkyl halides is 3. The van der Waals surface area contributed by atoms with E-state index in [9.17, 15) is 13.2 Å². The van der Waals surface area contributed by atoms with Crippen LogP contribution in [0.2, 0.25) is 0 Å². The Morgan fingerprint density at radius 3 is 2.33 bits per heavy atom. The number of hydrogen-bond acceptors (Lipinski definition) is 1. The first-order valence-corrected chi connectivity index (χ1v) is 5.81. The summed E-state index contributed by atoms with van der Waals surface area (Å²) in [5, 5.41) is 1.81. The molecule has 0 N–H and O–H groups in total. The van der Waals surface area contributed by atoms with Gasteiger partial charge in [0.25, 0.3) is 0 Å². The molecule has 0 bridgehead atoms. The van der Waals surface area contributed by atoms with Gasteiger partial charge in [-0.2, -0.15) is 13.2 Å². The summed E-state index contributed by atoms with van der Waals surface area (Å²) in [4.78, 5) is 1.35. The number of halogens is 3. The molecule has 0 saturated carbocycles. The molecular formula is C14H14F3N. The molecule has 0 aliphatic rings. The fourth-order valence-electron chi connectivity index (χ4n) is 2.07. The summed E-state index contributed by atoms with van der Waals surface area (Å²) in [5.74, 6) is 0. The predicted octanol–water partition coefficient (Wildman–Crippen LogP) is 4.23. The lowest BCUT2D eigenvalue weighted by molar-refractivity contribution is -0.119. The summed E-state index contributed by atoms with van der Waals surface area (Å²) in [6, 6.07) is 12.9. The highest BCUT2D eigenvalue weighted by Gasteiger charge is 2.30. The summed E-state index contributed by atoms with van der Waals surface area (Å²) >= 11 is 0. The van der Waals surface area contributed by atoms with Crippen molar-refractivity contribution in [2.24, 2.45) is 0 Å². The molecule has 2 aromatic rings. The molecule has 96 valence electrons. The minimum absolute atomic E-state index is 0.327. The van der Waals surface area contributed by atoms with Crippen LogP contribution < -0.4 is 4.90 Å². The Balaban J connectivity index is 2.45. The number of fused-ring (bicyclic) bond motifs is 1. The largest absolute Gasteiger partial charge is 0.405 e. The van der Waals surface area contributed by atoms with Crippen LogP contribution in [0.1, 0.15) is 6.92 Å². The molecule has 0 fully saturated rings. The van der Waals surface area contributed by atoms with Crippen LogP contribution in [0.4, 0.5) is 18.9 Å². The molecule has 0 amide bonds. The second-order valence-electron chi connectivity index (χ2n) is 4.13. The lowest BCUT2D eigenvalue weighted by Crippen LogP contribution is -2.34. The van der Waals surface area contributed by atoms with Crippen molar-refractivity contribution in [3.63, 3.8) is 0 Å². The molecule has 1 nitrogen and oxygen atoms in total. The maximum absolute atomic E-state index is 12.5. The maximum atomic E-state index is 12.5. The van der Waals surface area contributed by atoms with Crippen molar-refractivity contribution < 1.29 is 13.2 Å². The van der Waals surface area contributed by atoms with Crippen LogP contribution in [-0.2, 0) is 0 Å². The fraction of sp³-hybridized carbons (Fsp3) is 0.286. The lowest BCUT2D eigenvalue weighted by atomic mass is 10.1. The maximum Gasteiger partial charge on any atom is 0.405 e. The molecular weight excluding hydrogens is 239 g/mol. The van der Waals surface area contributed by atoms with Gasteiger partial charge in [0.05, 0.1) is 0 Å². The second-order valence-corrected chi connectivity index (χ2v) is 4.13. The van der Waals surface area contributed by atoms with Crippen LogP contribution in [0.5, 0.6) is 0 Å². The molecule has 2 aromatic carbocycles. The number of anilines is 1. The molecule has 4 heteroatoms. The Bertz CT molecular complexity index is 529. The van der Waals surface area contributed by atoms with Gasteiger partial charge in [-0.3, -0.25) is 0 Å². The van der Waals surface area contributed by atoms with Crippen molar-refractivity contribution in [1.29, 1.82) is 0 Å². The summed E-state index contributed by atoms with van der Waals surface area (Å²) in [7, 11) is 0. The van der Waals surface area contributed by atoms with Gasteiger partial charge in [0.2, 0.25) is 0 Å². The van der Waals surface area contributed by atoms with E-state index in [2.05, 4.69) is 0 Å². The number of benzene rings is 2. The second kappa shape index (κ2) is 4.88. The minimum atomic E-state index is -4.19. The van der Waals surface area contributed by atoms with E-state index in [-0.39, 0.29) is 0 Å². The van der Waals surface area contributed by atoms with E-state index >= 15 is 0 Å². The van der Waals surface area contributed by atoms with Gasteiger partial charge in [-0.1, -0.05) is 36.4 Å². The van der Waals surface area contributed by atoms with Crippen molar-refractivity contribution in [2.75, 3.05) is 18.0 Å². The standard InChI is InChI=1S/C14H14F3N/c1-2-18(10-14(15,16)17)13-9-5-7-11-6-3-4-8-12(11)13/h3-9H,2,10H2,1H3. The molecule has 0 radical (unpaired) electrons. The first-order valence-electron chi connectivity index (χ1n) is 5.81. The van der Waals surface area contributed by atoms with Gasteiger partial charge in [0.1, 0.15) is 6.54 Å². The Morgan fingerprint density at radius 1 is 1.00 bits per heavy atom. The molecule has 18 heavy (non-hydrogen) atoms. The Hall–Kier alpha value is -1.71. The number of nitrogens with zero attached hydrogens (tertiary/aromatic N) is 1. The monoisotopic (exact) mass is 253 g/mol. The summed E-state index contributed by atoms with van der Waals surface area (Å²) in [6.45, 7) is 1.14. The van der Waals surface area contributed by atoms with Crippen molar-refractivity contribution in [2.45, 2.75) is 13.1 Å². The summed E-state index contributed by atoms with van der Waals surface area (Å²) < 4.78 is 37.6. The molecule has 0 heterocycles. The van der Waals surface area contributed by atoms with Crippen molar-refractivity contribution in [3.8, 4) is 0 Å². The molecule has 2 rings (SSSR count). The zero-order valence-corrected chi connectivity index (χ0v) is 10.0. The van der Waals surface area contributed by atoms with Gasteiger partial charge < -0.3 is 4.90 Å². The fourth-order valence-corrected chi connectivity index (χ4v) is 2.07. The van der Waals surface area contributed by atoms with E-state index in [0.29, 0.717) is 12.2 Å². The van der Waals surface area contributed by atoms with Crippen LogP contribution in [0, 0.1) is 0 Å². The Morgan fingerprint density at radius 2 is 1.67 bits per heavy atom. The molecule has 0 aromatic heterocycles. The van der Waals surface area contributed by atoms with Crippen LogP contribution >= 0.6 is 0 Å². The molecule has 0 aliphatic heterocycles. The van der Waals surface area contributed by atoms with E-state index in [1.807, 2.05) is 30.3 Å². The van der Waals surface area contributed by atoms with Crippen molar-refractivity contribution in [1.82, 2.24) is 0 Å². The van der Waals surface area contributed by atoms with Gasteiger partial charge >= 0.3 is 6.18 Å². The Kier molecular flexibility index (Phi) is 3.45. The zero-order chi connectivity index (χ0) is 13.2. The van der Waals surface area contributed by atoms with E-state index in [4.69, 9.17) is 0 Å². The van der Waals surface area contributed by atoms with Crippen molar-refractivity contribution in [3.05, 3.63) is 42.5 Å². The van der Waals surface area contributed by atoms with E-state index < -0.39 is 12.7 Å². The van der Waals surface area contributed by atoms with Crippen LogP contribution in [0.15, 0.2) is 42.5 Å². The van der Waals surface area contributed by atoms with Gasteiger partial charge in [0.15, 0.2) is 0 Å². The molecule has 0 spiro atoms. The van der Waals surface area contributed by atoms with Crippen molar-refractivity contribution >= 4 is 16.5 Å². The smallest absolute Gasteiger partial charge is 0.362 e. The quantitative estimate of drug-likeness (QED) is 0.791. The normalized spacial score (nSPS) is 11.8. The lowest BCUT2D eigenvalue weighted by Gasteiger charge is -2.25. The van der Waals surface area contributed by atoms with Gasteiger partial charge in [-0.25, -0.2) is 0 Å². The molecule has 0 atom stereocenters. The number of rotatable bonds is 3. The minimum Gasteiger partial charge on any atom is -0.362 e. The van der Waals surface area contributed by atoms with Crippen LogP contribution in [0.3, 0.4) is 0 Å². The first-order chi connectivity index (χ1) is 8.51. The number of hydrogen-bond donors (Lipinski definition) is 0. The highest BCUT2D eigenvalue weighted by atomic mass is 19.4. The highest BCUT2D eigenvalue weighted by molar-refractivity contribution is 5.94. The third-order valence-electron chi connectivity index (χ3n) is 2.86. The summed E-state index contributed by atoms with van der Waals surface area (Å²) in [5.41, 5.74) is 0.632. The Labute approximate surface area is 104 Å². The third-order valence-corrected chi connectivity index (χ3v) is 2.86. The average molecular weight is 253 g/mol. The summed E-state index contributed by atoms with van der Waals surface area (Å²) in [6.07, 6.45) is -4.19. The van der Waals surface area contributed by atoms with E-state index in [1.54, 1.807) is 19.1 Å². The van der Waals surface area contributed by atoms with E-state index in [1.165, 1.54) is 4.90 Å². The molecule has 0 unspecified atom stereocenters. The van der Waals surface area contributed by atoms with E-state index in [0.717, 1.165) is 10.8 Å². The molecule has 0 aliphatic carbocycles. The van der Waals surface area contributed by atoms with Gasteiger partial charge in [0, 0.05) is 17.6 Å². The third kappa shape index (κ3) is 2.75. The molecule has 0 saturated heterocycles. The SMILES string of the molecule is CCN(CC(F)(F)F)c1cccc2ccccc12. The topological polar surface area (TPSA) is 3.24 Å². The highest BCUT2D eigenvalue weighted by Crippen LogP contribution is 2.29. The zero-order valence-electron chi connectivity index (χ0n) is 10.0. The van der Waals surface area contributed by atoms with Gasteiger partial charge in [-0.05, 0) is 18.4 Å². The van der Waals surface area contributed by atoms with Crippen LogP contribution in [-0.4, -0.2) is 19.3 Å².